The minimum atomic E-state index is -0.0174. The molecule has 0 aromatic heterocycles. The summed E-state index contributed by atoms with van der Waals surface area (Å²) in [6.07, 6.45) is 5.90. The molecule has 2 aliphatic heterocycles. The van der Waals surface area contributed by atoms with Crippen LogP contribution in [0.3, 0.4) is 0 Å². The first-order valence-electron chi connectivity index (χ1n) is 7.03. The Hall–Kier alpha value is -0.610. The average molecular weight is 239 g/mol. The van der Waals surface area contributed by atoms with Crippen molar-refractivity contribution in [2.45, 2.75) is 51.1 Å². The van der Waals surface area contributed by atoms with Gasteiger partial charge >= 0.3 is 0 Å². The number of hydrogen-bond donors (Lipinski definition) is 2. The zero-order chi connectivity index (χ0) is 12.1. The summed E-state index contributed by atoms with van der Waals surface area (Å²) in [5.41, 5.74) is 0. The number of likely N-dealkylation sites (tertiary alicyclic amines) is 1. The molecular weight excluding hydrogens is 214 g/mol. The summed E-state index contributed by atoms with van der Waals surface area (Å²) in [7, 11) is 0. The highest BCUT2D eigenvalue weighted by molar-refractivity contribution is 5.81. The van der Waals surface area contributed by atoms with Crippen LogP contribution < -0.4 is 10.6 Å². The van der Waals surface area contributed by atoms with Gasteiger partial charge in [-0.25, -0.2) is 0 Å². The third-order valence-corrected chi connectivity index (χ3v) is 3.86. The van der Waals surface area contributed by atoms with Gasteiger partial charge in [-0.15, -0.1) is 0 Å². The fourth-order valence-electron chi connectivity index (χ4n) is 2.80. The minimum Gasteiger partial charge on any atom is -0.341 e. The quantitative estimate of drug-likeness (QED) is 0.763. The smallest absolute Gasteiger partial charge is 0.239 e. The molecule has 0 aromatic carbocycles. The number of amides is 1. The molecule has 4 heteroatoms. The number of hydrogen-bond acceptors (Lipinski definition) is 3. The van der Waals surface area contributed by atoms with Gasteiger partial charge in [-0.1, -0.05) is 0 Å². The molecule has 0 bridgehead atoms. The molecule has 2 saturated heterocycles. The van der Waals surface area contributed by atoms with Gasteiger partial charge in [-0.2, -0.15) is 0 Å². The van der Waals surface area contributed by atoms with Crippen molar-refractivity contribution in [1.82, 2.24) is 15.5 Å². The van der Waals surface area contributed by atoms with E-state index in [-0.39, 0.29) is 6.04 Å². The van der Waals surface area contributed by atoms with Crippen molar-refractivity contribution in [1.29, 1.82) is 0 Å². The molecule has 2 aliphatic rings. The molecule has 4 nitrogen and oxygen atoms in total. The predicted molar refractivity (Wildman–Crippen MR) is 68.9 cm³/mol. The second-order valence-corrected chi connectivity index (χ2v) is 5.30. The summed E-state index contributed by atoms with van der Waals surface area (Å²) in [6.45, 7) is 6.07. The summed E-state index contributed by atoms with van der Waals surface area (Å²) < 4.78 is 0. The van der Waals surface area contributed by atoms with Crippen LogP contribution in [0, 0.1) is 0 Å². The molecule has 0 saturated carbocycles. The van der Waals surface area contributed by atoms with Gasteiger partial charge < -0.3 is 15.5 Å². The Balaban J connectivity index is 1.77. The van der Waals surface area contributed by atoms with E-state index in [2.05, 4.69) is 10.6 Å². The van der Waals surface area contributed by atoms with Gasteiger partial charge in [0.2, 0.25) is 5.91 Å². The number of piperidine rings is 2. The lowest BCUT2D eigenvalue weighted by Crippen LogP contribution is -2.51. The molecular formula is C13H25N3O. The Morgan fingerprint density at radius 2 is 1.88 bits per heavy atom. The van der Waals surface area contributed by atoms with Gasteiger partial charge in [0.1, 0.15) is 0 Å². The molecule has 1 atom stereocenters. The molecule has 2 rings (SSSR count). The summed E-state index contributed by atoms with van der Waals surface area (Å²) >= 11 is 0. The van der Waals surface area contributed by atoms with E-state index >= 15 is 0 Å². The van der Waals surface area contributed by atoms with Crippen molar-refractivity contribution in [2.24, 2.45) is 0 Å². The first-order valence-corrected chi connectivity index (χ1v) is 7.03. The fraction of sp³-hybridized carbons (Fsp3) is 0.923. The summed E-state index contributed by atoms with van der Waals surface area (Å²) in [4.78, 5) is 14.2. The van der Waals surface area contributed by atoms with E-state index in [1.54, 1.807) is 0 Å². The standard InChI is InChI=1S/C13H25N3O/c1-11(15-12-5-7-14-8-6-12)13(17)16-9-3-2-4-10-16/h11-12,14-15H,2-10H2,1H3. The van der Waals surface area contributed by atoms with Gasteiger partial charge in [0.05, 0.1) is 6.04 Å². The topological polar surface area (TPSA) is 44.4 Å². The van der Waals surface area contributed by atoms with E-state index in [4.69, 9.17) is 0 Å². The van der Waals surface area contributed by atoms with Crippen LogP contribution in [0.15, 0.2) is 0 Å². The summed E-state index contributed by atoms with van der Waals surface area (Å²) in [5, 5.41) is 6.83. The van der Waals surface area contributed by atoms with Gasteiger partial charge in [0, 0.05) is 19.1 Å². The Labute approximate surface area is 104 Å². The van der Waals surface area contributed by atoms with Crippen molar-refractivity contribution < 1.29 is 4.79 Å². The lowest BCUT2D eigenvalue weighted by Gasteiger charge is -2.32. The number of carbonyl (C=O) groups excluding carboxylic acids is 1. The maximum Gasteiger partial charge on any atom is 0.239 e. The maximum atomic E-state index is 12.2. The third-order valence-electron chi connectivity index (χ3n) is 3.86. The van der Waals surface area contributed by atoms with Gasteiger partial charge in [-0.3, -0.25) is 4.79 Å². The SMILES string of the molecule is CC(NC1CCNCC1)C(=O)N1CCCCC1. The molecule has 1 amide bonds. The second-order valence-electron chi connectivity index (χ2n) is 5.30. The largest absolute Gasteiger partial charge is 0.341 e. The second kappa shape index (κ2) is 6.36. The molecule has 98 valence electrons. The van der Waals surface area contributed by atoms with Crippen molar-refractivity contribution in [2.75, 3.05) is 26.2 Å². The van der Waals surface area contributed by atoms with Crippen molar-refractivity contribution in [3.05, 3.63) is 0 Å². The van der Waals surface area contributed by atoms with E-state index in [1.807, 2.05) is 11.8 Å². The van der Waals surface area contributed by atoms with E-state index in [0.29, 0.717) is 11.9 Å². The van der Waals surface area contributed by atoms with Crippen LogP contribution in [0.2, 0.25) is 0 Å². The van der Waals surface area contributed by atoms with Gasteiger partial charge in [0.15, 0.2) is 0 Å². The molecule has 17 heavy (non-hydrogen) atoms. The monoisotopic (exact) mass is 239 g/mol. The molecule has 0 aliphatic carbocycles. The predicted octanol–water partition coefficient (Wildman–Crippen LogP) is 0.729. The first-order chi connectivity index (χ1) is 8.27. The zero-order valence-electron chi connectivity index (χ0n) is 10.9. The van der Waals surface area contributed by atoms with Crippen LogP contribution in [0.1, 0.15) is 39.0 Å². The van der Waals surface area contributed by atoms with E-state index in [9.17, 15) is 4.79 Å². The van der Waals surface area contributed by atoms with Crippen LogP contribution in [0.4, 0.5) is 0 Å². The van der Waals surface area contributed by atoms with E-state index in [0.717, 1.165) is 39.0 Å². The van der Waals surface area contributed by atoms with Crippen molar-refractivity contribution >= 4 is 5.91 Å². The fourth-order valence-corrected chi connectivity index (χ4v) is 2.80. The molecule has 0 radical (unpaired) electrons. The Kier molecular flexibility index (Phi) is 4.80. The highest BCUT2D eigenvalue weighted by atomic mass is 16.2. The minimum absolute atomic E-state index is 0.0174. The Morgan fingerprint density at radius 3 is 2.53 bits per heavy atom. The normalized spacial score (nSPS) is 24.6. The number of nitrogens with one attached hydrogen (secondary N) is 2. The number of nitrogens with zero attached hydrogens (tertiary/aromatic N) is 1. The third kappa shape index (κ3) is 3.68. The first kappa shape index (κ1) is 12.8. The van der Waals surface area contributed by atoms with Crippen LogP contribution in [0.5, 0.6) is 0 Å². The maximum absolute atomic E-state index is 12.2. The number of rotatable bonds is 3. The molecule has 2 heterocycles. The molecule has 1 unspecified atom stereocenters. The Bertz CT molecular complexity index is 245. The molecule has 0 spiro atoms. The molecule has 2 N–H and O–H groups in total. The highest BCUT2D eigenvalue weighted by Crippen LogP contribution is 2.11. The lowest BCUT2D eigenvalue weighted by atomic mass is 10.0. The van der Waals surface area contributed by atoms with Gasteiger partial charge in [0.25, 0.3) is 0 Å². The van der Waals surface area contributed by atoms with Crippen molar-refractivity contribution in [3.63, 3.8) is 0 Å². The average Bonchev–Trinajstić information content (AvgIpc) is 2.40. The summed E-state index contributed by atoms with van der Waals surface area (Å²) in [6, 6.07) is 0.496. The van der Waals surface area contributed by atoms with Crippen LogP contribution >= 0.6 is 0 Å². The summed E-state index contributed by atoms with van der Waals surface area (Å²) in [5.74, 6) is 0.295. The van der Waals surface area contributed by atoms with E-state index < -0.39 is 0 Å². The Morgan fingerprint density at radius 1 is 1.24 bits per heavy atom. The highest BCUT2D eigenvalue weighted by Gasteiger charge is 2.24. The number of carbonyl (C=O) groups is 1. The molecule has 0 aromatic rings. The van der Waals surface area contributed by atoms with E-state index in [1.165, 1.54) is 19.3 Å². The zero-order valence-corrected chi connectivity index (χ0v) is 10.9. The van der Waals surface area contributed by atoms with Crippen molar-refractivity contribution in [3.8, 4) is 0 Å². The van der Waals surface area contributed by atoms with Crippen LogP contribution in [0.25, 0.3) is 0 Å². The van der Waals surface area contributed by atoms with Gasteiger partial charge in [-0.05, 0) is 52.1 Å². The molecule has 2 fully saturated rings. The lowest BCUT2D eigenvalue weighted by molar-refractivity contribution is -0.134. The van der Waals surface area contributed by atoms with Crippen LogP contribution in [-0.4, -0.2) is 49.1 Å². The van der Waals surface area contributed by atoms with Crippen LogP contribution in [-0.2, 0) is 4.79 Å².